The van der Waals surface area contributed by atoms with E-state index in [9.17, 15) is 9.90 Å². The van der Waals surface area contributed by atoms with Crippen molar-refractivity contribution in [3.05, 3.63) is 88.5 Å². The summed E-state index contributed by atoms with van der Waals surface area (Å²) in [4.78, 5) is 21.8. The summed E-state index contributed by atoms with van der Waals surface area (Å²) in [5.74, 6) is 1.24. The molecule has 0 saturated heterocycles. The maximum absolute atomic E-state index is 12.7. The summed E-state index contributed by atoms with van der Waals surface area (Å²) >= 11 is 6.09. The van der Waals surface area contributed by atoms with Crippen LogP contribution in [0, 0.1) is 5.92 Å². The van der Waals surface area contributed by atoms with Crippen molar-refractivity contribution in [2.45, 2.75) is 44.2 Å². The predicted octanol–water partition coefficient (Wildman–Crippen LogP) is 5.11. The summed E-state index contributed by atoms with van der Waals surface area (Å²) in [7, 11) is 0. The van der Waals surface area contributed by atoms with Crippen molar-refractivity contribution < 1.29 is 9.90 Å². The van der Waals surface area contributed by atoms with Crippen LogP contribution in [0.15, 0.2) is 61.1 Å². The van der Waals surface area contributed by atoms with E-state index in [4.69, 9.17) is 16.6 Å². The average Bonchev–Trinajstić information content (AvgIpc) is 3.78. The lowest BCUT2D eigenvalue weighted by Gasteiger charge is -2.08. The van der Waals surface area contributed by atoms with E-state index in [1.165, 1.54) is 18.4 Å². The fraction of sp³-hybridized carbons (Fsp3) is 0.296. The van der Waals surface area contributed by atoms with Gasteiger partial charge in [-0.15, -0.1) is 0 Å². The van der Waals surface area contributed by atoms with E-state index in [0.29, 0.717) is 23.3 Å². The highest BCUT2D eigenvalue weighted by molar-refractivity contribution is 6.30. The highest BCUT2D eigenvalue weighted by atomic mass is 35.5. The van der Waals surface area contributed by atoms with Crippen LogP contribution in [0.3, 0.4) is 0 Å². The average molecular weight is 488 g/mol. The molecule has 3 aromatic heterocycles. The zero-order valence-corrected chi connectivity index (χ0v) is 19.9. The van der Waals surface area contributed by atoms with Crippen LogP contribution in [0.2, 0.25) is 5.02 Å². The molecule has 8 heteroatoms. The normalized spacial score (nSPS) is 19.0. The minimum absolute atomic E-state index is 0.0250. The Bertz CT molecular complexity index is 1410. The first-order valence-electron chi connectivity index (χ1n) is 11.9. The molecule has 2 fully saturated rings. The minimum Gasteiger partial charge on any atom is -0.392 e. The first kappa shape index (κ1) is 22.1. The predicted molar refractivity (Wildman–Crippen MR) is 136 cm³/mol. The van der Waals surface area contributed by atoms with Gasteiger partial charge < -0.3 is 20.1 Å². The van der Waals surface area contributed by atoms with Gasteiger partial charge in [0.2, 0.25) is 5.91 Å². The number of aliphatic hydroxyl groups excluding tert-OH is 1. The fourth-order valence-corrected chi connectivity index (χ4v) is 4.89. The van der Waals surface area contributed by atoms with Gasteiger partial charge in [0.05, 0.1) is 18.8 Å². The summed E-state index contributed by atoms with van der Waals surface area (Å²) in [6, 6.07) is 13.5. The Balaban J connectivity index is 1.10. The van der Waals surface area contributed by atoms with Crippen LogP contribution in [-0.2, 0) is 17.9 Å². The number of halogens is 1. The number of aromatic nitrogens is 3. The van der Waals surface area contributed by atoms with Gasteiger partial charge in [-0.3, -0.25) is 4.79 Å². The lowest BCUT2D eigenvalue weighted by molar-refractivity contribution is -0.117. The largest absolute Gasteiger partial charge is 0.392 e. The van der Waals surface area contributed by atoms with E-state index in [1.54, 1.807) is 6.20 Å². The Morgan fingerprint density at radius 1 is 1.14 bits per heavy atom. The van der Waals surface area contributed by atoms with Crippen molar-refractivity contribution in [3.8, 4) is 0 Å². The Morgan fingerprint density at radius 3 is 2.83 bits per heavy atom. The smallest absolute Gasteiger partial charge is 0.229 e. The molecule has 0 bridgehead atoms. The number of nitrogens with one attached hydrogen (secondary N) is 2. The SMILES string of the molecule is O=C(Nc1cc(NCc2cn3cc(C4CC4)cc(CO)c3n2)ccn1)C1CC1c1cccc(Cl)c1. The van der Waals surface area contributed by atoms with Crippen LogP contribution in [0.1, 0.15) is 53.5 Å². The number of hydrogen-bond acceptors (Lipinski definition) is 5. The molecule has 0 spiro atoms. The second-order valence-electron chi connectivity index (χ2n) is 9.47. The molecule has 3 heterocycles. The molecule has 3 N–H and O–H groups in total. The molecule has 2 atom stereocenters. The quantitative estimate of drug-likeness (QED) is 0.321. The van der Waals surface area contributed by atoms with Gasteiger partial charge in [-0.1, -0.05) is 23.7 Å². The van der Waals surface area contributed by atoms with Crippen LogP contribution in [0.5, 0.6) is 0 Å². The van der Waals surface area contributed by atoms with Crippen LogP contribution in [0.25, 0.3) is 5.65 Å². The standard InChI is InChI=1S/C27H26ClN5O2/c28-20-3-1-2-17(9-20)23-11-24(23)27(35)32-25-10-21(6-7-29-25)30-12-22-14-33-13-18(16-4-5-16)8-19(15-34)26(33)31-22/h1-3,6-10,13-14,16,23-24,34H,4-5,11-12,15H2,(H2,29,30,32,35). The number of anilines is 2. The van der Waals surface area contributed by atoms with Gasteiger partial charge in [-0.25, -0.2) is 9.97 Å². The Hall–Kier alpha value is -3.42. The van der Waals surface area contributed by atoms with E-state index in [1.807, 2.05) is 47.0 Å². The molecule has 2 aliphatic carbocycles. The molecule has 6 rings (SSSR count). The molecule has 1 aromatic carbocycles. The maximum atomic E-state index is 12.7. The third-order valence-electron chi connectivity index (χ3n) is 6.81. The highest BCUT2D eigenvalue weighted by Gasteiger charge is 2.44. The molecule has 7 nitrogen and oxygen atoms in total. The van der Waals surface area contributed by atoms with Crippen molar-refractivity contribution >= 4 is 34.7 Å². The van der Waals surface area contributed by atoms with Crippen molar-refractivity contribution in [2.24, 2.45) is 5.92 Å². The van der Waals surface area contributed by atoms with Crippen LogP contribution >= 0.6 is 11.6 Å². The molecule has 0 radical (unpaired) electrons. The van der Waals surface area contributed by atoms with E-state index in [2.05, 4.69) is 27.9 Å². The number of fused-ring (bicyclic) bond motifs is 1. The molecular formula is C27H26ClN5O2. The Kier molecular flexibility index (Phi) is 5.66. The van der Waals surface area contributed by atoms with Crippen LogP contribution < -0.4 is 10.6 Å². The van der Waals surface area contributed by atoms with Crippen LogP contribution in [-0.4, -0.2) is 25.4 Å². The number of benzene rings is 1. The van der Waals surface area contributed by atoms with Gasteiger partial charge >= 0.3 is 0 Å². The number of amides is 1. The summed E-state index contributed by atoms with van der Waals surface area (Å²) in [6.45, 7) is 0.489. The number of pyridine rings is 2. The van der Waals surface area contributed by atoms with Crippen molar-refractivity contribution in [2.75, 3.05) is 10.6 Å². The lowest BCUT2D eigenvalue weighted by atomic mass is 10.1. The summed E-state index contributed by atoms with van der Waals surface area (Å²) in [5, 5.41) is 16.8. The number of hydrogen-bond donors (Lipinski definition) is 3. The zero-order valence-electron chi connectivity index (χ0n) is 19.1. The van der Waals surface area contributed by atoms with Gasteiger partial charge in [0.15, 0.2) is 0 Å². The Labute approximate surface area is 208 Å². The number of nitrogens with zero attached hydrogens (tertiary/aromatic N) is 3. The lowest BCUT2D eigenvalue weighted by Crippen LogP contribution is -2.15. The topological polar surface area (TPSA) is 91.6 Å². The molecule has 2 unspecified atom stereocenters. The first-order chi connectivity index (χ1) is 17.1. The van der Waals surface area contributed by atoms with E-state index in [-0.39, 0.29) is 24.3 Å². The van der Waals surface area contributed by atoms with E-state index >= 15 is 0 Å². The minimum atomic E-state index is -0.0638. The molecule has 4 aromatic rings. The number of rotatable bonds is 8. The molecule has 2 aliphatic rings. The maximum Gasteiger partial charge on any atom is 0.229 e. The van der Waals surface area contributed by atoms with E-state index in [0.717, 1.165) is 34.6 Å². The van der Waals surface area contributed by atoms with E-state index < -0.39 is 0 Å². The Morgan fingerprint density at radius 2 is 2.03 bits per heavy atom. The highest BCUT2D eigenvalue weighted by Crippen LogP contribution is 2.48. The van der Waals surface area contributed by atoms with Crippen molar-refractivity contribution in [1.29, 1.82) is 0 Å². The molecule has 35 heavy (non-hydrogen) atoms. The number of carbonyl (C=O) groups is 1. The number of imidazole rings is 1. The van der Waals surface area contributed by atoms with Gasteiger partial charge in [0, 0.05) is 46.8 Å². The molecule has 1 amide bonds. The number of aliphatic hydroxyl groups is 1. The molecule has 2 saturated carbocycles. The van der Waals surface area contributed by atoms with Crippen LogP contribution in [0.4, 0.5) is 11.5 Å². The molecule has 0 aliphatic heterocycles. The number of carbonyl (C=O) groups excluding carboxylic acids is 1. The van der Waals surface area contributed by atoms with Gasteiger partial charge in [-0.05, 0) is 66.5 Å². The fourth-order valence-electron chi connectivity index (χ4n) is 4.70. The van der Waals surface area contributed by atoms with Crippen molar-refractivity contribution in [3.63, 3.8) is 0 Å². The monoisotopic (exact) mass is 487 g/mol. The summed E-state index contributed by atoms with van der Waals surface area (Å²) < 4.78 is 2.01. The van der Waals surface area contributed by atoms with Crippen molar-refractivity contribution in [1.82, 2.24) is 14.4 Å². The van der Waals surface area contributed by atoms with Gasteiger partial charge in [0.25, 0.3) is 0 Å². The van der Waals surface area contributed by atoms with Gasteiger partial charge in [-0.2, -0.15) is 0 Å². The summed E-state index contributed by atoms with van der Waals surface area (Å²) in [6.07, 6.45) is 9.04. The molecular weight excluding hydrogens is 462 g/mol. The summed E-state index contributed by atoms with van der Waals surface area (Å²) in [5.41, 5.74) is 5.72. The second kappa shape index (κ2) is 8.98. The second-order valence-corrected chi connectivity index (χ2v) is 9.91. The first-order valence-corrected chi connectivity index (χ1v) is 12.3. The third kappa shape index (κ3) is 4.74. The zero-order chi connectivity index (χ0) is 23.9. The third-order valence-corrected chi connectivity index (χ3v) is 7.04. The molecule has 178 valence electrons. The van der Waals surface area contributed by atoms with Gasteiger partial charge in [0.1, 0.15) is 11.5 Å².